The number of rotatable bonds is 2. The number of likely N-dealkylation sites (N-methyl/N-ethyl adjacent to an activating group) is 2. The number of para-hydroxylation sites is 2. The third-order valence-electron chi connectivity index (χ3n) is 6.37. The van der Waals surface area contributed by atoms with Crippen LogP contribution in [0.1, 0.15) is 29.4 Å². The normalized spacial score (nSPS) is 17.3. The first kappa shape index (κ1) is 22.1. The molecule has 33 heavy (non-hydrogen) atoms. The molecule has 0 bridgehead atoms. The summed E-state index contributed by atoms with van der Waals surface area (Å²) in [5, 5.41) is 0. The average molecular weight is 567 g/mol. The van der Waals surface area contributed by atoms with Gasteiger partial charge in [0, 0.05) is 0 Å². The van der Waals surface area contributed by atoms with Crippen LogP contribution in [0.25, 0.3) is 6.08 Å². The average Bonchev–Trinajstić information content (AvgIpc) is 3.25. The molecule has 7 heteroatoms. The Labute approximate surface area is 207 Å². The van der Waals surface area contributed by atoms with E-state index >= 15 is 0 Å². The molecule has 1 saturated heterocycles. The molecule has 0 spiro atoms. The van der Waals surface area contributed by atoms with E-state index in [-0.39, 0.29) is 37.3 Å². The van der Waals surface area contributed by atoms with E-state index in [0.717, 1.165) is 10.1 Å². The van der Waals surface area contributed by atoms with Crippen LogP contribution in [-0.4, -0.2) is 70.5 Å². The molecule has 1 aromatic heterocycles. The molecule has 0 N–H and O–H groups in total. The van der Waals surface area contributed by atoms with Gasteiger partial charge in [0.15, 0.2) is 0 Å². The Kier molecular flexibility index (Phi) is 5.34. The number of fused-ring (bicyclic) bond motifs is 2. The third-order valence-corrected chi connectivity index (χ3v) is 9.76. The maximum atomic E-state index is 12.9. The van der Waals surface area contributed by atoms with Crippen LogP contribution >= 0.6 is 0 Å². The molecule has 2 aliphatic heterocycles. The summed E-state index contributed by atoms with van der Waals surface area (Å²) in [7, 11) is 3.36. The van der Waals surface area contributed by atoms with Crippen molar-refractivity contribution in [1.82, 2.24) is 9.80 Å². The van der Waals surface area contributed by atoms with Gasteiger partial charge in [-0.2, -0.15) is 0 Å². The monoisotopic (exact) mass is 569 g/mol. The molecule has 0 aliphatic carbocycles. The van der Waals surface area contributed by atoms with Crippen LogP contribution in [0.2, 0.25) is 0 Å². The van der Waals surface area contributed by atoms with Crippen LogP contribution in [0, 0.1) is 0 Å². The summed E-state index contributed by atoms with van der Waals surface area (Å²) in [5.41, 5.74) is 4.81. The van der Waals surface area contributed by atoms with Crippen molar-refractivity contribution < 1.29 is 9.59 Å². The molecule has 166 valence electrons. The Morgan fingerprint density at radius 1 is 0.879 bits per heavy atom. The van der Waals surface area contributed by atoms with Gasteiger partial charge >= 0.3 is 208 Å². The minimum absolute atomic E-state index is 0.0665. The van der Waals surface area contributed by atoms with Crippen LogP contribution in [-0.2, 0) is 15.0 Å². The predicted octanol–water partition coefficient (Wildman–Crippen LogP) is 3.42. The van der Waals surface area contributed by atoms with Crippen LogP contribution < -0.4 is 4.90 Å². The van der Waals surface area contributed by atoms with E-state index in [9.17, 15) is 9.59 Å². The number of anilines is 3. The van der Waals surface area contributed by atoms with Crippen molar-refractivity contribution >= 4 is 68.6 Å². The summed E-state index contributed by atoms with van der Waals surface area (Å²) in [6.07, 6.45) is 1.80. The van der Waals surface area contributed by atoms with Crippen molar-refractivity contribution in [2.75, 3.05) is 19.0 Å². The van der Waals surface area contributed by atoms with Crippen molar-refractivity contribution in [3.63, 3.8) is 0 Å². The second-order valence-corrected chi connectivity index (χ2v) is 11.7. The van der Waals surface area contributed by atoms with Gasteiger partial charge in [-0.05, 0) is 0 Å². The topological polar surface area (TPSA) is 43.9 Å². The number of amides is 2. The van der Waals surface area contributed by atoms with Gasteiger partial charge in [0.05, 0.1) is 0 Å². The molecule has 0 unspecified atom stereocenters. The van der Waals surface area contributed by atoms with Crippen molar-refractivity contribution in [1.29, 1.82) is 0 Å². The minimum atomic E-state index is -0.282. The van der Waals surface area contributed by atoms with Gasteiger partial charge in [-0.1, -0.05) is 0 Å². The molecular formula is C26H23N3O2Se2. The Morgan fingerprint density at radius 2 is 1.48 bits per heavy atom. The Balaban J connectivity index is 1.69. The van der Waals surface area contributed by atoms with Crippen LogP contribution in [0.5, 0.6) is 0 Å². The van der Waals surface area contributed by atoms with Crippen LogP contribution in [0.4, 0.5) is 15.9 Å². The van der Waals surface area contributed by atoms with Gasteiger partial charge in [-0.15, -0.1) is 0 Å². The number of hydrogen-bond donors (Lipinski definition) is 0. The molecule has 2 aromatic carbocycles. The fourth-order valence-electron chi connectivity index (χ4n) is 4.49. The number of hydrogen-bond acceptors (Lipinski definition) is 3. The number of carbonyl (C=O) groups is 2. The Hall–Kier alpha value is -2.69. The molecule has 5 rings (SSSR count). The summed E-state index contributed by atoms with van der Waals surface area (Å²) in [6, 6.07) is 21.1. The second-order valence-electron chi connectivity index (χ2n) is 8.75. The zero-order valence-electron chi connectivity index (χ0n) is 18.8. The summed E-state index contributed by atoms with van der Waals surface area (Å²) < 4.78 is 2.78. The van der Waals surface area contributed by atoms with Crippen molar-refractivity contribution in [2.24, 2.45) is 0 Å². The summed E-state index contributed by atoms with van der Waals surface area (Å²) >= 11 is 2.75. The first-order valence-corrected chi connectivity index (χ1v) is 13.2. The van der Waals surface area contributed by atoms with E-state index in [2.05, 4.69) is 88.9 Å². The third kappa shape index (κ3) is 3.39. The number of benzene rings is 2. The van der Waals surface area contributed by atoms with E-state index in [1.807, 2.05) is 6.07 Å². The zero-order chi connectivity index (χ0) is 23.5. The van der Waals surface area contributed by atoms with E-state index in [1.54, 1.807) is 20.2 Å². The summed E-state index contributed by atoms with van der Waals surface area (Å²) in [5.74, 6) is -0.563. The van der Waals surface area contributed by atoms with Crippen LogP contribution in [0.3, 0.4) is 0 Å². The first-order valence-electron chi connectivity index (χ1n) is 10.6. The van der Waals surface area contributed by atoms with E-state index in [1.165, 1.54) is 31.2 Å². The summed E-state index contributed by atoms with van der Waals surface area (Å²) in [4.78, 5) is 31.1. The fraction of sp³-hybridized carbons (Fsp3) is 0.192. The molecule has 2 aliphatic rings. The van der Waals surface area contributed by atoms with E-state index in [0.29, 0.717) is 4.67 Å². The van der Waals surface area contributed by atoms with E-state index < -0.39 is 0 Å². The maximum absolute atomic E-state index is 12.9. The Bertz CT molecular complexity index is 1310. The molecule has 0 saturated carbocycles. The molecule has 5 nitrogen and oxygen atoms in total. The van der Waals surface area contributed by atoms with Gasteiger partial charge in [0.2, 0.25) is 0 Å². The number of nitrogens with zero attached hydrogens (tertiary/aromatic N) is 3. The van der Waals surface area contributed by atoms with Crippen molar-refractivity contribution in [2.45, 2.75) is 19.3 Å². The van der Waals surface area contributed by atoms with Gasteiger partial charge in [-0.3, -0.25) is 0 Å². The Morgan fingerprint density at radius 3 is 2.15 bits per heavy atom. The van der Waals surface area contributed by atoms with Gasteiger partial charge in [0.1, 0.15) is 0 Å². The molecule has 3 aromatic rings. The molecule has 0 radical (unpaired) electrons. The standard InChI is InChI=1S/C26H23N3O2Se2/c1-26(2)19-12-8-9-13-21(19)29(16-10-6-5-7-11-16)24-20(26)15-17(33-24)14-18-22(30)27(3)25(32)28(4)23(18)31/h5-15H,1-4H3. The van der Waals surface area contributed by atoms with Crippen molar-refractivity contribution in [3.05, 3.63) is 81.8 Å². The van der Waals surface area contributed by atoms with Gasteiger partial charge < -0.3 is 0 Å². The van der Waals surface area contributed by atoms with Crippen LogP contribution in [0.15, 0.2) is 66.2 Å². The molecule has 0 atom stereocenters. The molecular weight excluding hydrogens is 544 g/mol. The number of carbonyl (C=O) groups excluding carboxylic acids is 2. The quantitative estimate of drug-likeness (QED) is 0.271. The predicted molar refractivity (Wildman–Crippen MR) is 134 cm³/mol. The first-order chi connectivity index (χ1) is 15.7. The summed E-state index contributed by atoms with van der Waals surface area (Å²) in [6.45, 7) is 4.50. The molecule has 2 amide bonds. The zero-order valence-corrected chi connectivity index (χ0v) is 22.3. The molecule has 1 fully saturated rings. The van der Waals surface area contributed by atoms with Gasteiger partial charge in [-0.25, -0.2) is 0 Å². The van der Waals surface area contributed by atoms with Gasteiger partial charge in [0.25, 0.3) is 0 Å². The van der Waals surface area contributed by atoms with Crippen molar-refractivity contribution in [3.8, 4) is 0 Å². The van der Waals surface area contributed by atoms with E-state index in [4.69, 9.17) is 0 Å². The molecule has 3 heterocycles. The fourth-order valence-corrected chi connectivity index (χ4v) is 7.55. The second kappa shape index (κ2) is 7.96. The SMILES string of the molecule is CN1C(=O)C(=Cc2cc3c([se]2)N(c2ccccc2)c2ccccc2C3(C)C)C(=O)N(C)C1=[Se].